The molecule has 0 radical (unpaired) electrons. The minimum absolute atomic E-state index is 0. The fourth-order valence-corrected chi connectivity index (χ4v) is 0.855. The number of rotatable bonds is 3. The molecule has 0 amide bonds. The number of Topliss-reactive ketones (excluding diaryl/α,β-unsaturated/α-hetero) is 1. The molecule has 66 valence electrons. The Morgan fingerprint density at radius 1 is 1.25 bits per heavy atom. The van der Waals surface area contributed by atoms with Crippen molar-refractivity contribution in [3.05, 3.63) is 30.6 Å². The number of aromatic nitrogens is 1. The lowest BCUT2D eigenvalue weighted by atomic mass is 10.3. The summed E-state index contributed by atoms with van der Waals surface area (Å²) in [6.45, 7) is 2.38. The molecular weight excluding hydrogens is 174 g/mol. The van der Waals surface area contributed by atoms with Crippen molar-refractivity contribution in [2.45, 2.75) is 19.9 Å². The number of carbonyl (C=O) groups excluding carboxylic acids is 1. The van der Waals surface area contributed by atoms with Crippen molar-refractivity contribution in [3.63, 3.8) is 0 Å². The Morgan fingerprint density at radius 3 is 2.33 bits per heavy atom. The summed E-state index contributed by atoms with van der Waals surface area (Å²) in [4.78, 5) is 11.0. The van der Waals surface area contributed by atoms with Crippen LogP contribution in [0.3, 0.4) is 0 Å². The zero-order valence-corrected chi connectivity index (χ0v) is 7.79. The summed E-state index contributed by atoms with van der Waals surface area (Å²) in [5.74, 6) is 0.265. The molecule has 0 fully saturated rings. The van der Waals surface area contributed by atoms with E-state index in [2.05, 4.69) is 0 Å². The molecule has 0 aliphatic rings. The van der Waals surface area contributed by atoms with E-state index in [-0.39, 0.29) is 18.2 Å². The summed E-state index contributed by atoms with van der Waals surface area (Å²) < 4.78 is 1.88. The summed E-state index contributed by atoms with van der Waals surface area (Å²) in [5, 5.41) is 0. The highest BCUT2D eigenvalue weighted by Crippen LogP contribution is 1.81. The number of carbonyl (C=O) groups is 1. The lowest BCUT2D eigenvalue weighted by Gasteiger charge is -1.91. The normalized spacial score (nSPS) is 8.75. The van der Waals surface area contributed by atoms with Gasteiger partial charge in [0.05, 0.1) is 0 Å². The maximum atomic E-state index is 11.0. The zero-order valence-electron chi connectivity index (χ0n) is 7.03. The Balaban J connectivity index is 0.00000121. The second-order valence-corrected chi connectivity index (χ2v) is 2.44. The summed E-state index contributed by atoms with van der Waals surface area (Å²) in [6, 6.07) is 5.78. The minimum Gasteiger partial charge on any atom is -1.00 e. The highest BCUT2D eigenvalue weighted by atomic mass is 35.5. The average Bonchev–Trinajstić information content (AvgIpc) is 2.06. The quantitative estimate of drug-likeness (QED) is 0.497. The van der Waals surface area contributed by atoms with Crippen molar-refractivity contribution >= 4 is 5.78 Å². The molecule has 0 bridgehead atoms. The van der Waals surface area contributed by atoms with Crippen LogP contribution < -0.4 is 17.0 Å². The molecule has 0 saturated carbocycles. The van der Waals surface area contributed by atoms with E-state index >= 15 is 0 Å². The fourth-order valence-electron chi connectivity index (χ4n) is 0.855. The van der Waals surface area contributed by atoms with Crippen molar-refractivity contribution in [1.82, 2.24) is 0 Å². The van der Waals surface area contributed by atoms with Gasteiger partial charge in [-0.05, 0) is 0 Å². The second-order valence-electron chi connectivity index (χ2n) is 2.44. The van der Waals surface area contributed by atoms with Gasteiger partial charge in [0.1, 0.15) is 0 Å². The zero-order chi connectivity index (χ0) is 8.10. The summed E-state index contributed by atoms with van der Waals surface area (Å²) >= 11 is 0. The van der Waals surface area contributed by atoms with Gasteiger partial charge in [-0.2, -0.15) is 4.57 Å². The molecule has 1 aromatic rings. The molecule has 3 heteroatoms. The number of hydrogen-bond acceptors (Lipinski definition) is 1. The van der Waals surface area contributed by atoms with E-state index in [1.54, 1.807) is 0 Å². The van der Waals surface area contributed by atoms with Crippen molar-refractivity contribution in [2.24, 2.45) is 0 Å². The molecule has 1 aromatic heterocycles. The molecule has 0 N–H and O–H groups in total. The number of hydrogen-bond donors (Lipinski definition) is 0. The van der Waals surface area contributed by atoms with Crippen molar-refractivity contribution in [1.29, 1.82) is 0 Å². The largest absolute Gasteiger partial charge is 1.00 e. The van der Waals surface area contributed by atoms with Gasteiger partial charge in [-0.1, -0.05) is 13.0 Å². The first-order chi connectivity index (χ1) is 5.33. The van der Waals surface area contributed by atoms with Crippen LogP contribution >= 0.6 is 0 Å². The topological polar surface area (TPSA) is 20.9 Å². The first-order valence-electron chi connectivity index (χ1n) is 3.78. The van der Waals surface area contributed by atoms with Crippen LogP contribution in [0.5, 0.6) is 0 Å². The van der Waals surface area contributed by atoms with E-state index in [4.69, 9.17) is 0 Å². The van der Waals surface area contributed by atoms with Gasteiger partial charge in [-0.3, -0.25) is 4.79 Å². The highest BCUT2D eigenvalue weighted by molar-refractivity contribution is 5.76. The van der Waals surface area contributed by atoms with Crippen LogP contribution in [0.4, 0.5) is 0 Å². The number of halogens is 1. The molecule has 0 aliphatic heterocycles. The van der Waals surface area contributed by atoms with Gasteiger partial charge in [-0.25, -0.2) is 0 Å². The molecule has 12 heavy (non-hydrogen) atoms. The molecule has 0 unspecified atom stereocenters. The molecule has 0 spiro atoms. The minimum atomic E-state index is 0. The van der Waals surface area contributed by atoms with Crippen LogP contribution in [0, 0.1) is 0 Å². The molecule has 0 aromatic carbocycles. The van der Waals surface area contributed by atoms with E-state index < -0.39 is 0 Å². The van der Waals surface area contributed by atoms with Crippen molar-refractivity contribution < 1.29 is 21.8 Å². The van der Waals surface area contributed by atoms with Crippen LogP contribution in [-0.2, 0) is 11.3 Å². The first kappa shape index (κ1) is 11.1. The maximum Gasteiger partial charge on any atom is 0.206 e. The molecular formula is C9H12ClNO. The second kappa shape index (κ2) is 5.72. The standard InChI is InChI=1S/C9H12NO.ClH/c1-2-9(11)8-10-6-4-3-5-7-10;/h3-7H,2,8H2,1H3;1H/q+1;/p-1. The van der Waals surface area contributed by atoms with Crippen molar-refractivity contribution in [3.8, 4) is 0 Å². The van der Waals surface area contributed by atoms with E-state index in [1.165, 1.54) is 0 Å². The van der Waals surface area contributed by atoms with E-state index in [9.17, 15) is 4.79 Å². The van der Waals surface area contributed by atoms with Gasteiger partial charge in [0.15, 0.2) is 18.2 Å². The molecule has 0 aliphatic carbocycles. The Hall–Kier alpha value is -0.890. The summed E-state index contributed by atoms with van der Waals surface area (Å²) in [5.41, 5.74) is 0. The third kappa shape index (κ3) is 3.49. The van der Waals surface area contributed by atoms with Crippen molar-refractivity contribution in [2.75, 3.05) is 0 Å². The SMILES string of the molecule is CCC(=O)C[n+]1ccccc1.[Cl-]. The molecule has 0 atom stereocenters. The van der Waals surface area contributed by atoms with E-state index in [1.807, 2.05) is 42.1 Å². The Bertz CT molecular complexity index is 236. The lowest BCUT2D eigenvalue weighted by molar-refractivity contribution is -0.684. The predicted molar refractivity (Wildman–Crippen MR) is 41.9 cm³/mol. The van der Waals surface area contributed by atoms with Gasteiger partial charge in [0.25, 0.3) is 0 Å². The summed E-state index contributed by atoms with van der Waals surface area (Å²) in [6.07, 6.45) is 4.41. The molecule has 1 rings (SSSR count). The fraction of sp³-hybridized carbons (Fsp3) is 0.333. The average molecular weight is 186 g/mol. The Morgan fingerprint density at radius 2 is 1.83 bits per heavy atom. The molecule has 2 nitrogen and oxygen atoms in total. The van der Waals surface area contributed by atoms with Gasteiger partial charge in [-0.15, -0.1) is 0 Å². The van der Waals surface area contributed by atoms with Crippen LogP contribution in [-0.4, -0.2) is 5.78 Å². The summed E-state index contributed by atoms with van der Waals surface area (Å²) in [7, 11) is 0. The third-order valence-electron chi connectivity index (χ3n) is 1.53. The maximum absolute atomic E-state index is 11.0. The van der Waals surface area contributed by atoms with Gasteiger partial charge >= 0.3 is 0 Å². The Kier molecular flexibility index (Phi) is 5.30. The van der Waals surface area contributed by atoms with E-state index in [0.29, 0.717) is 13.0 Å². The first-order valence-corrected chi connectivity index (χ1v) is 3.78. The monoisotopic (exact) mass is 185 g/mol. The van der Waals surface area contributed by atoms with Gasteiger partial charge < -0.3 is 12.4 Å². The molecule has 1 heterocycles. The lowest BCUT2D eigenvalue weighted by Crippen LogP contribution is -3.00. The molecule has 0 saturated heterocycles. The van der Waals surface area contributed by atoms with Gasteiger partial charge in [0.2, 0.25) is 6.54 Å². The Labute approximate surface area is 78.6 Å². The smallest absolute Gasteiger partial charge is 0.206 e. The third-order valence-corrected chi connectivity index (χ3v) is 1.53. The van der Waals surface area contributed by atoms with E-state index in [0.717, 1.165) is 0 Å². The predicted octanol–water partition coefficient (Wildman–Crippen LogP) is -2.04. The van der Waals surface area contributed by atoms with Gasteiger partial charge in [0, 0.05) is 18.6 Å². The number of nitrogens with zero attached hydrogens (tertiary/aromatic N) is 1. The van der Waals surface area contributed by atoms with Crippen LogP contribution in [0.1, 0.15) is 13.3 Å². The number of pyridine rings is 1. The number of ketones is 1. The van der Waals surface area contributed by atoms with Crippen LogP contribution in [0.15, 0.2) is 30.6 Å². The van der Waals surface area contributed by atoms with Crippen LogP contribution in [0.25, 0.3) is 0 Å². The highest BCUT2D eigenvalue weighted by Gasteiger charge is 2.04. The van der Waals surface area contributed by atoms with Crippen LogP contribution in [0.2, 0.25) is 0 Å².